The molecule has 0 amide bonds. The Bertz CT molecular complexity index is 680. The molecule has 0 radical (unpaired) electrons. The van der Waals surface area contributed by atoms with E-state index in [1.807, 2.05) is 24.3 Å². The van der Waals surface area contributed by atoms with E-state index in [4.69, 9.17) is 5.26 Å². The predicted molar refractivity (Wildman–Crippen MR) is 94.4 cm³/mol. The molecule has 6 nitrogen and oxygen atoms in total. The van der Waals surface area contributed by atoms with Crippen LogP contribution >= 0.6 is 0 Å². The Hall–Kier alpha value is -1.46. The van der Waals surface area contributed by atoms with Crippen molar-refractivity contribution in [2.24, 2.45) is 5.92 Å². The Morgan fingerprint density at radius 1 is 1.29 bits per heavy atom. The lowest BCUT2D eigenvalue weighted by atomic mass is 9.99. The van der Waals surface area contributed by atoms with Gasteiger partial charge in [0.1, 0.15) is 0 Å². The minimum atomic E-state index is -3.42. The Morgan fingerprint density at radius 2 is 1.96 bits per heavy atom. The number of hydrogen-bond donors (Lipinski definition) is 1. The van der Waals surface area contributed by atoms with Gasteiger partial charge in [0.2, 0.25) is 0 Å². The second-order valence-corrected chi connectivity index (χ2v) is 8.48. The predicted octanol–water partition coefficient (Wildman–Crippen LogP) is 1.55. The van der Waals surface area contributed by atoms with E-state index in [1.165, 1.54) is 4.31 Å². The van der Waals surface area contributed by atoms with Gasteiger partial charge in [0.25, 0.3) is 10.2 Å². The smallest absolute Gasteiger partial charge is 0.279 e. The fraction of sp³-hybridized carbons (Fsp3) is 0.588. The van der Waals surface area contributed by atoms with Crippen molar-refractivity contribution in [2.75, 3.05) is 27.2 Å². The summed E-state index contributed by atoms with van der Waals surface area (Å²) in [6, 6.07) is 9.63. The quantitative estimate of drug-likeness (QED) is 0.809. The zero-order chi connectivity index (χ0) is 17.7. The van der Waals surface area contributed by atoms with E-state index in [9.17, 15) is 8.42 Å². The number of nitriles is 1. The molecule has 1 heterocycles. The van der Waals surface area contributed by atoms with Crippen LogP contribution in [-0.2, 0) is 16.8 Å². The first-order chi connectivity index (χ1) is 11.4. The summed E-state index contributed by atoms with van der Waals surface area (Å²) in [7, 11) is -0.333. The third kappa shape index (κ3) is 4.77. The van der Waals surface area contributed by atoms with Crippen molar-refractivity contribution >= 4 is 10.2 Å². The third-order valence-corrected chi connectivity index (χ3v) is 6.01. The molecule has 1 aromatic rings. The van der Waals surface area contributed by atoms with Crippen molar-refractivity contribution < 1.29 is 8.42 Å². The maximum absolute atomic E-state index is 12.1. The molecule has 1 aliphatic heterocycles. The van der Waals surface area contributed by atoms with Gasteiger partial charge >= 0.3 is 0 Å². The van der Waals surface area contributed by atoms with E-state index in [1.54, 1.807) is 14.1 Å². The van der Waals surface area contributed by atoms with E-state index >= 15 is 0 Å². The van der Waals surface area contributed by atoms with E-state index in [-0.39, 0.29) is 6.04 Å². The summed E-state index contributed by atoms with van der Waals surface area (Å²) >= 11 is 0. The summed E-state index contributed by atoms with van der Waals surface area (Å²) in [5.41, 5.74) is 1.79. The van der Waals surface area contributed by atoms with Crippen molar-refractivity contribution in [1.29, 1.82) is 5.26 Å². The molecule has 24 heavy (non-hydrogen) atoms. The average molecular weight is 350 g/mol. The maximum Gasteiger partial charge on any atom is 0.279 e. The van der Waals surface area contributed by atoms with Crippen LogP contribution in [0, 0.1) is 17.2 Å². The molecule has 1 aromatic carbocycles. The first-order valence-corrected chi connectivity index (χ1v) is 9.71. The van der Waals surface area contributed by atoms with Crippen LogP contribution in [0.1, 0.15) is 30.9 Å². The van der Waals surface area contributed by atoms with Gasteiger partial charge in [0.05, 0.1) is 11.6 Å². The highest BCUT2D eigenvalue weighted by Crippen LogP contribution is 2.24. The molecule has 0 bridgehead atoms. The molecule has 2 rings (SSSR count). The third-order valence-electron chi connectivity index (χ3n) is 4.45. The fourth-order valence-electron chi connectivity index (χ4n) is 3.13. The highest BCUT2D eigenvalue weighted by molar-refractivity contribution is 7.87. The van der Waals surface area contributed by atoms with Crippen LogP contribution in [0.5, 0.6) is 0 Å². The number of benzene rings is 1. The van der Waals surface area contributed by atoms with Crippen LogP contribution < -0.4 is 4.72 Å². The Kier molecular flexibility index (Phi) is 6.35. The van der Waals surface area contributed by atoms with Gasteiger partial charge < -0.3 is 0 Å². The van der Waals surface area contributed by atoms with Crippen molar-refractivity contribution in [2.45, 2.75) is 32.4 Å². The van der Waals surface area contributed by atoms with Gasteiger partial charge in [-0.1, -0.05) is 25.5 Å². The van der Waals surface area contributed by atoms with Gasteiger partial charge in [-0.3, -0.25) is 4.90 Å². The largest absolute Gasteiger partial charge is 0.297 e. The normalized spacial score (nSPS) is 22.0. The molecule has 1 aliphatic rings. The average Bonchev–Trinajstić information content (AvgIpc) is 2.89. The SMILES string of the molecule is CCC[C@H]1CN(Cc2ccc(C#N)cc2)C[C@@H]1NS(=O)(=O)N(C)C. The summed E-state index contributed by atoms with van der Waals surface area (Å²) < 4.78 is 28.3. The van der Waals surface area contributed by atoms with Crippen molar-refractivity contribution in [3.8, 4) is 6.07 Å². The van der Waals surface area contributed by atoms with Gasteiger partial charge in [-0.25, -0.2) is 0 Å². The van der Waals surface area contributed by atoms with Crippen molar-refractivity contribution in [3.05, 3.63) is 35.4 Å². The maximum atomic E-state index is 12.1. The van der Waals surface area contributed by atoms with Crippen LogP contribution in [-0.4, -0.2) is 50.8 Å². The highest BCUT2D eigenvalue weighted by Gasteiger charge is 2.35. The molecule has 7 heteroatoms. The number of nitrogens with zero attached hydrogens (tertiary/aromatic N) is 3. The lowest BCUT2D eigenvalue weighted by molar-refractivity contribution is 0.312. The van der Waals surface area contributed by atoms with Crippen molar-refractivity contribution in [3.63, 3.8) is 0 Å². The molecule has 0 aromatic heterocycles. The van der Waals surface area contributed by atoms with Gasteiger partial charge in [-0.05, 0) is 30.0 Å². The van der Waals surface area contributed by atoms with Crippen LogP contribution in [0.25, 0.3) is 0 Å². The summed E-state index contributed by atoms with van der Waals surface area (Å²) in [6.45, 7) is 4.49. The van der Waals surface area contributed by atoms with Crippen molar-refractivity contribution in [1.82, 2.24) is 13.9 Å². The van der Waals surface area contributed by atoms with E-state index in [2.05, 4.69) is 22.6 Å². The number of hydrogen-bond acceptors (Lipinski definition) is 4. The summed E-state index contributed by atoms with van der Waals surface area (Å²) in [5.74, 6) is 0.322. The molecule has 0 spiro atoms. The minimum Gasteiger partial charge on any atom is -0.297 e. The molecule has 1 N–H and O–H groups in total. The monoisotopic (exact) mass is 350 g/mol. The standard InChI is InChI=1S/C17H26N4O2S/c1-4-5-16-12-21(11-15-8-6-14(10-18)7-9-15)13-17(16)19-24(22,23)20(2)3/h6-9,16-17,19H,4-5,11-13H2,1-3H3/t16-,17-/m0/s1. The first-order valence-electron chi connectivity index (χ1n) is 8.27. The topological polar surface area (TPSA) is 76.4 Å². The highest BCUT2D eigenvalue weighted by atomic mass is 32.2. The Balaban J connectivity index is 2.04. The molecule has 1 saturated heterocycles. The molecule has 2 atom stereocenters. The zero-order valence-electron chi connectivity index (χ0n) is 14.6. The minimum absolute atomic E-state index is 0.0595. The van der Waals surface area contributed by atoms with E-state index < -0.39 is 10.2 Å². The van der Waals surface area contributed by atoms with Crippen LogP contribution in [0.15, 0.2) is 24.3 Å². The van der Waals surface area contributed by atoms with Crippen LogP contribution in [0.2, 0.25) is 0 Å². The number of likely N-dealkylation sites (tertiary alicyclic amines) is 1. The van der Waals surface area contributed by atoms with Gasteiger partial charge in [0, 0.05) is 39.8 Å². The number of rotatable bonds is 7. The lowest BCUT2D eigenvalue weighted by Gasteiger charge is -2.21. The molecule has 0 saturated carbocycles. The van der Waals surface area contributed by atoms with Crippen LogP contribution in [0.3, 0.4) is 0 Å². The molecule has 0 unspecified atom stereocenters. The summed E-state index contributed by atoms with van der Waals surface area (Å²) in [6.07, 6.45) is 2.04. The summed E-state index contributed by atoms with van der Waals surface area (Å²) in [5, 5.41) is 8.86. The Morgan fingerprint density at radius 3 is 2.50 bits per heavy atom. The molecule has 0 aliphatic carbocycles. The molecule has 132 valence electrons. The Labute approximate surface area is 145 Å². The molecule has 1 fully saturated rings. The van der Waals surface area contributed by atoms with Crippen LogP contribution in [0.4, 0.5) is 0 Å². The van der Waals surface area contributed by atoms with Gasteiger partial charge in [-0.2, -0.15) is 22.7 Å². The van der Waals surface area contributed by atoms with E-state index in [0.29, 0.717) is 18.0 Å². The zero-order valence-corrected chi connectivity index (χ0v) is 15.4. The van der Waals surface area contributed by atoms with E-state index in [0.717, 1.165) is 31.5 Å². The molecular weight excluding hydrogens is 324 g/mol. The second kappa shape index (κ2) is 8.08. The first kappa shape index (κ1) is 18.9. The fourth-order valence-corrected chi connectivity index (χ4v) is 3.99. The molecular formula is C17H26N4O2S. The second-order valence-electron chi connectivity index (χ2n) is 6.56. The summed E-state index contributed by atoms with van der Waals surface area (Å²) in [4.78, 5) is 2.28. The lowest BCUT2D eigenvalue weighted by Crippen LogP contribution is -2.45. The van der Waals surface area contributed by atoms with Gasteiger partial charge in [-0.15, -0.1) is 0 Å². The number of nitrogens with one attached hydrogen (secondary N) is 1. The van der Waals surface area contributed by atoms with Gasteiger partial charge in [0.15, 0.2) is 0 Å².